The molecule has 3 N–H and O–H groups in total. The van der Waals surface area contributed by atoms with E-state index in [0.29, 0.717) is 51.7 Å². The highest BCUT2D eigenvalue weighted by Crippen LogP contribution is 2.45. The number of rotatable bonds is 7. The van der Waals surface area contributed by atoms with E-state index in [2.05, 4.69) is 16.5 Å². The number of nitrogen functional groups attached to an aromatic ring is 1. The van der Waals surface area contributed by atoms with Crippen molar-refractivity contribution in [3.05, 3.63) is 70.9 Å². The fourth-order valence-corrected chi connectivity index (χ4v) is 5.28. The maximum Gasteiger partial charge on any atom is 0.354 e. The molecule has 1 saturated heterocycles. The molecule has 12 nitrogen and oxygen atoms in total. The summed E-state index contributed by atoms with van der Waals surface area (Å²) in [6.07, 6.45) is 3.63. The second-order valence-electron chi connectivity index (χ2n) is 9.46. The molecule has 2 aromatic heterocycles. The third-order valence-electron chi connectivity index (χ3n) is 7.09. The summed E-state index contributed by atoms with van der Waals surface area (Å²) in [6.45, 7) is 4.04. The lowest BCUT2D eigenvalue weighted by Crippen LogP contribution is -2.42. The number of nitrogens with two attached hydrogens (primary N) is 1. The molecule has 13 heteroatoms. The number of amides is 1. The van der Waals surface area contributed by atoms with E-state index in [-0.39, 0.29) is 29.3 Å². The fraction of sp³-hybridized carbons (Fsp3) is 0.250. The van der Waals surface area contributed by atoms with Crippen LogP contribution in [-0.2, 0) is 4.79 Å². The normalized spacial score (nSPS) is 16.6. The lowest BCUT2D eigenvalue weighted by molar-refractivity contribution is -0.125. The Morgan fingerprint density at radius 2 is 1.95 bits per heavy atom. The number of β-amino-alcohol motifs (C(OH)–C–C–N with tert-alkyl or cyclic N) is 1. The Bertz CT molecular complexity index is 1730. The van der Waals surface area contributed by atoms with Gasteiger partial charge in [-0.1, -0.05) is 24.2 Å². The van der Waals surface area contributed by atoms with E-state index in [9.17, 15) is 14.7 Å². The molecule has 3 heterocycles. The lowest BCUT2D eigenvalue weighted by atomic mass is 10.00. The number of carbonyl (C=O) groups is 1. The van der Waals surface area contributed by atoms with Crippen molar-refractivity contribution in [3.63, 3.8) is 0 Å². The number of halogens is 1. The van der Waals surface area contributed by atoms with E-state index in [4.69, 9.17) is 31.8 Å². The number of methoxy groups -OCH3 is 2. The highest BCUT2D eigenvalue weighted by molar-refractivity contribution is 6.35. The van der Waals surface area contributed by atoms with E-state index >= 15 is 0 Å². The Balaban J connectivity index is 1.59. The quantitative estimate of drug-likeness (QED) is 0.313. The number of likely N-dealkylation sites (tertiary alicyclic amines) is 1. The van der Waals surface area contributed by atoms with Gasteiger partial charge in [0.05, 0.1) is 36.9 Å². The summed E-state index contributed by atoms with van der Waals surface area (Å²) in [6, 6.07) is 8.17. The van der Waals surface area contributed by atoms with Crippen molar-refractivity contribution < 1.29 is 19.4 Å². The number of aromatic nitrogens is 4. The third-order valence-corrected chi connectivity index (χ3v) is 7.46. The van der Waals surface area contributed by atoms with E-state index in [1.54, 1.807) is 30.3 Å². The first-order valence-electron chi connectivity index (χ1n) is 12.6. The van der Waals surface area contributed by atoms with Crippen LogP contribution in [0.25, 0.3) is 27.7 Å². The Hall–Kier alpha value is -4.68. The molecular formula is C28H28ClN7O5. The molecule has 1 aliphatic rings. The van der Waals surface area contributed by atoms with Crippen LogP contribution in [0.5, 0.6) is 11.5 Å². The average molecular weight is 578 g/mol. The molecule has 2 atom stereocenters. The Morgan fingerprint density at radius 1 is 1.20 bits per heavy atom. The minimum absolute atomic E-state index is 0.0835. The molecule has 5 rings (SSSR count). The van der Waals surface area contributed by atoms with Crippen molar-refractivity contribution in [3.8, 4) is 28.3 Å². The van der Waals surface area contributed by atoms with Crippen LogP contribution in [0.3, 0.4) is 0 Å². The van der Waals surface area contributed by atoms with Crippen LogP contribution < -0.4 is 25.8 Å². The molecule has 1 amide bonds. The van der Waals surface area contributed by atoms with Gasteiger partial charge in [0.2, 0.25) is 11.9 Å². The number of ether oxygens (including phenoxy) is 2. The predicted octanol–water partition coefficient (Wildman–Crippen LogP) is 2.29. The van der Waals surface area contributed by atoms with Gasteiger partial charge in [-0.15, -0.1) is 0 Å². The smallest absolute Gasteiger partial charge is 0.354 e. The summed E-state index contributed by atoms with van der Waals surface area (Å²) in [5, 5.41) is 11.5. The minimum Gasteiger partial charge on any atom is -0.495 e. The number of hydrogen-bond acceptors (Lipinski definition) is 10. The monoisotopic (exact) mass is 577 g/mol. The van der Waals surface area contributed by atoms with Gasteiger partial charge in [-0.2, -0.15) is 4.98 Å². The fourth-order valence-electron chi connectivity index (χ4n) is 4.95. The van der Waals surface area contributed by atoms with Crippen molar-refractivity contribution in [1.82, 2.24) is 24.4 Å². The second kappa shape index (κ2) is 11.1. The van der Waals surface area contributed by atoms with Crippen LogP contribution in [0.1, 0.15) is 0 Å². The molecule has 0 bridgehead atoms. The largest absolute Gasteiger partial charge is 0.495 e. The highest BCUT2D eigenvalue weighted by atomic mass is 35.5. The Labute approximate surface area is 240 Å². The van der Waals surface area contributed by atoms with Gasteiger partial charge >= 0.3 is 5.69 Å². The number of fused-ring (bicyclic) bond motifs is 1. The van der Waals surface area contributed by atoms with Crippen molar-refractivity contribution in [2.24, 2.45) is 0 Å². The zero-order valence-electron chi connectivity index (χ0n) is 22.6. The van der Waals surface area contributed by atoms with Gasteiger partial charge in [0.15, 0.2) is 0 Å². The van der Waals surface area contributed by atoms with E-state index < -0.39 is 11.8 Å². The van der Waals surface area contributed by atoms with Crippen LogP contribution in [-0.4, -0.2) is 81.9 Å². The zero-order chi connectivity index (χ0) is 29.4. The maximum absolute atomic E-state index is 12.9. The maximum atomic E-state index is 12.9. The van der Waals surface area contributed by atoms with Crippen molar-refractivity contribution >= 4 is 40.2 Å². The number of carbonyl (C=O) groups excluding carboxylic acids is 1. The Kier molecular flexibility index (Phi) is 7.52. The molecule has 0 saturated carbocycles. The van der Waals surface area contributed by atoms with Gasteiger partial charge in [-0.25, -0.2) is 14.8 Å². The van der Waals surface area contributed by atoms with Crippen LogP contribution in [0.2, 0.25) is 5.02 Å². The summed E-state index contributed by atoms with van der Waals surface area (Å²) in [4.78, 5) is 41.3. The van der Waals surface area contributed by atoms with Gasteiger partial charge in [0.1, 0.15) is 23.0 Å². The Morgan fingerprint density at radius 3 is 2.63 bits per heavy atom. The number of anilines is 2. The first-order chi connectivity index (χ1) is 19.7. The molecule has 2 unspecified atom stereocenters. The SMILES string of the molecule is C=CC(=O)N1CC(O)C(N(C)c2ncc3cc(-c4c(Cl)c(OC)cc(OC)c4-n4ccc(N)nc4=O)ccc3n2)C1. The van der Waals surface area contributed by atoms with Crippen molar-refractivity contribution in [2.45, 2.75) is 12.1 Å². The number of hydrogen-bond donors (Lipinski definition) is 2. The summed E-state index contributed by atoms with van der Waals surface area (Å²) < 4.78 is 12.4. The van der Waals surface area contributed by atoms with Crippen LogP contribution in [0.4, 0.5) is 11.8 Å². The van der Waals surface area contributed by atoms with E-state index in [0.717, 1.165) is 0 Å². The molecule has 2 aromatic carbocycles. The summed E-state index contributed by atoms with van der Waals surface area (Å²) in [5.41, 5.74) is 7.23. The molecular weight excluding hydrogens is 550 g/mol. The standard InChI is InChI=1S/C28H28ClN7O5/c1-5-23(38)35-13-18(19(37)14-35)34(2)27-31-12-16-10-15(6-7-17(16)32-27)24-25(29)20(40-3)11-21(41-4)26(24)36-9-8-22(30)33-28(36)39/h5-12,18-19,37H,1,13-14H2,2-4H3,(H2,30,33,39). The number of likely N-dealkylation sites (N-methyl/N-ethyl adjacent to an activating group) is 1. The molecule has 0 radical (unpaired) electrons. The molecule has 0 aliphatic carbocycles. The first kappa shape index (κ1) is 27.9. The second-order valence-corrected chi connectivity index (χ2v) is 9.84. The predicted molar refractivity (Wildman–Crippen MR) is 156 cm³/mol. The average Bonchev–Trinajstić information content (AvgIpc) is 3.37. The van der Waals surface area contributed by atoms with Crippen LogP contribution in [0, 0.1) is 0 Å². The van der Waals surface area contributed by atoms with Gasteiger partial charge in [0, 0.05) is 49.5 Å². The molecule has 1 aliphatic heterocycles. The molecule has 1 fully saturated rings. The highest BCUT2D eigenvalue weighted by Gasteiger charge is 2.36. The van der Waals surface area contributed by atoms with Crippen LogP contribution in [0.15, 0.2) is 60.2 Å². The third kappa shape index (κ3) is 5.03. The van der Waals surface area contributed by atoms with Gasteiger partial charge in [-0.05, 0) is 29.8 Å². The molecule has 212 valence electrons. The van der Waals surface area contributed by atoms with E-state index in [1.165, 1.54) is 42.0 Å². The summed E-state index contributed by atoms with van der Waals surface area (Å²) in [5.74, 6) is 0.924. The van der Waals surface area contributed by atoms with Crippen molar-refractivity contribution in [1.29, 1.82) is 0 Å². The minimum atomic E-state index is -0.764. The summed E-state index contributed by atoms with van der Waals surface area (Å²) >= 11 is 6.82. The van der Waals surface area contributed by atoms with Crippen molar-refractivity contribution in [2.75, 3.05) is 45.0 Å². The molecule has 4 aromatic rings. The lowest BCUT2D eigenvalue weighted by Gasteiger charge is -2.26. The topological polar surface area (TPSA) is 149 Å². The molecule has 41 heavy (non-hydrogen) atoms. The number of benzene rings is 2. The zero-order valence-corrected chi connectivity index (χ0v) is 23.4. The van der Waals surface area contributed by atoms with Gasteiger partial charge < -0.3 is 30.1 Å². The van der Waals surface area contributed by atoms with Gasteiger partial charge in [-0.3, -0.25) is 9.36 Å². The van der Waals surface area contributed by atoms with E-state index in [1.807, 2.05) is 12.1 Å². The number of aliphatic hydroxyl groups is 1. The molecule has 0 spiro atoms. The first-order valence-corrected chi connectivity index (χ1v) is 12.9. The summed E-state index contributed by atoms with van der Waals surface area (Å²) in [7, 11) is 4.74. The van der Waals surface area contributed by atoms with Crippen LogP contribution >= 0.6 is 11.6 Å². The van der Waals surface area contributed by atoms with Gasteiger partial charge in [0.25, 0.3) is 0 Å². The number of nitrogens with zero attached hydrogens (tertiary/aromatic N) is 6. The number of aliphatic hydroxyl groups excluding tert-OH is 1.